The number of carbonyl (C=O) groups is 1. The molecule has 138 valence electrons. The van der Waals surface area contributed by atoms with Crippen LogP contribution in [0.5, 0.6) is 0 Å². The lowest BCUT2D eigenvalue weighted by Gasteiger charge is -2.37. The fourth-order valence-electron chi connectivity index (χ4n) is 4.09. The van der Waals surface area contributed by atoms with Gasteiger partial charge in [-0.25, -0.2) is 8.42 Å². The minimum atomic E-state index is -3.02. The van der Waals surface area contributed by atoms with Gasteiger partial charge in [0.25, 0.3) is 0 Å². The molecular formula is C19H22N2O4S. The first-order chi connectivity index (χ1) is 12.4. The number of hydrogen-bond acceptors (Lipinski definition) is 5. The fourth-order valence-corrected chi connectivity index (χ4v) is 6.06. The Morgan fingerprint density at radius 1 is 1.31 bits per heavy atom. The van der Waals surface area contributed by atoms with E-state index in [2.05, 4.69) is 10.3 Å². The van der Waals surface area contributed by atoms with Crippen LogP contribution in [-0.4, -0.2) is 49.1 Å². The van der Waals surface area contributed by atoms with E-state index in [0.29, 0.717) is 25.9 Å². The van der Waals surface area contributed by atoms with Crippen LogP contribution in [0, 0.1) is 0 Å². The number of benzene rings is 1. The van der Waals surface area contributed by atoms with Crippen molar-refractivity contribution in [1.82, 2.24) is 10.3 Å². The van der Waals surface area contributed by atoms with Gasteiger partial charge in [-0.15, -0.1) is 0 Å². The van der Waals surface area contributed by atoms with Crippen LogP contribution in [0.1, 0.15) is 24.8 Å². The summed E-state index contributed by atoms with van der Waals surface area (Å²) >= 11 is 0. The number of ether oxygens (including phenoxy) is 1. The number of sulfone groups is 1. The highest BCUT2D eigenvalue weighted by atomic mass is 32.2. The quantitative estimate of drug-likeness (QED) is 0.883. The molecule has 0 saturated carbocycles. The molecule has 2 fully saturated rings. The lowest BCUT2D eigenvalue weighted by molar-refractivity contribution is -0.123. The van der Waals surface area contributed by atoms with Crippen molar-refractivity contribution in [2.75, 3.05) is 18.1 Å². The molecule has 2 aromatic rings. The Hall–Kier alpha value is -1.99. The Kier molecular flexibility index (Phi) is 4.44. The van der Waals surface area contributed by atoms with Crippen molar-refractivity contribution in [2.45, 2.75) is 37.3 Å². The predicted molar refractivity (Wildman–Crippen MR) is 98.6 cm³/mol. The third kappa shape index (κ3) is 3.59. The van der Waals surface area contributed by atoms with Crippen molar-refractivity contribution in [2.24, 2.45) is 0 Å². The van der Waals surface area contributed by atoms with Crippen LogP contribution in [0.2, 0.25) is 0 Å². The predicted octanol–water partition coefficient (Wildman–Crippen LogP) is 1.63. The summed E-state index contributed by atoms with van der Waals surface area (Å²) in [6, 6.07) is 9.57. The number of rotatable bonds is 3. The Balaban J connectivity index is 1.43. The first-order valence-electron chi connectivity index (χ1n) is 8.91. The van der Waals surface area contributed by atoms with Crippen LogP contribution >= 0.6 is 0 Å². The molecule has 2 aliphatic rings. The number of hydrogen-bond donors (Lipinski definition) is 1. The summed E-state index contributed by atoms with van der Waals surface area (Å²) in [5.74, 6) is 0.196. The van der Waals surface area contributed by atoms with Crippen LogP contribution in [0.25, 0.3) is 10.9 Å². The van der Waals surface area contributed by atoms with E-state index in [1.165, 1.54) is 0 Å². The number of fused-ring (bicyclic) bond motifs is 1. The zero-order chi connectivity index (χ0) is 18.2. The lowest BCUT2D eigenvalue weighted by atomic mass is 9.89. The highest BCUT2D eigenvalue weighted by molar-refractivity contribution is 7.91. The Labute approximate surface area is 152 Å². The fraction of sp³-hybridized carbons (Fsp3) is 0.474. The molecule has 1 aromatic carbocycles. The number of pyridine rings is 1. The van der Waals surface area contributed by atoms with E-state index in [4.69, 9.17) is 4.74 Å². The largest absolute Gasteiger partial charge is 0.374 e. The van der Waals surface area contributed by atoms with Crippen molar-refractivity contribution in [3.8, 4) is 0 Å². The van der Waals surface area contributed by atoms with E-state index in [9.17, 15) is 13.2 Å². The molecule has 7 heteroatoms. The zero-order valence-electron chi connectivity index (χ0n) is 14.5. The van der Waals surface area contributed by atoms with Crippen LogP contribution in [-0.2, 0) is 25.8 Å². The van der Waals surface area contributed by atoms with E-state index in [1.807, 2.05) is 30.3 Å². The summed E-state index contributed by atoms with van der Waals surface area (Å²) in [6.45, 7) is 0.485. The highest BCUT2D eigenvalue weighted by Crippen LogP contribution is 2.35. The SMILES string of the molecule is O=C(Cc1cccc2ncccc12)NC1CCOC2(CCS(=O)(=O)C2)C1. The van der Waals surface area contributed by atoms with Gasteiger partial charge in [-0.1, -0.05) is 18.2 Å². The minimum Gasteiger partial charge on any atom is -0.374 e. The van der Waals surface area contributed by atoms with Crippen molar-refractivity contribution in [1.29, 1.82) is 0 Å². The van der Waals surface area contributed by atoms with Crippen LogP contribution in [0.3, 0.4) is 0 Å². The van der Waals surface area contributed by atoms with Gasteiger partial charge in [0.2, 0.25) is 5.91 Å². The van der Waals surface area contributed by atoms with E-state index < -0.39 is 15.4 Å². The molecule has 0 radical (unpaired) electrons. The smallest absolute Gasteiger partial charge is 0.224 e. The van der Waals surface area contributed by atoms with Crippen molar-refractivity contribution < 1.29 is 17.9 Å². The van der Waals surface area contributed by atoms with Gasteiger partial charge in [-0.3, -0.25) is 9.78 Å². The summed E-state index contributed by atoms with van der Waals surface area (Å²) in [7, 11) is -3.02. The number of nitrogens with zero attached hydrogens (tertiary/aromatic N) is 1. The average Bonchev–Trinajstić information content (AvgIpc) is 2.89. The van der Waals surface area contributed by atoms with Crippen LogP contribution < -0.4 is 5.32 Å². The normalized spacial score (nSPS) is 27.6. The third-order valence-corrected chi connectivity index (χ3v) is 7.09. The first-order valence-corrected chi connectivity index (χ1v) is 10.7. The van der Waals surface area contributed by atoms with Gasteiger partial charge < -0.3 is 10.1 Å². The van der Waals surface area contributed by atoms with E-state index in [-0.39, 0.29) is 29.9 Å². The molecule has 1 spiro atoms. The molecule has 0 bridgehead atoms. The molecule has 2 unspecified atom stereocenters. The second-order valence-corrected chi connectivity index (χ2v) is 9.48. The summed E-state index contributed by atoms with van der Waals surface area (Å²) < 4.78 is 29.5. The van der Waals surface area contributed by atoms with Crippen molar-refractivity contribution in [3.63, 3.8) is 0 Å². The molecule has 2 atom stereocenters. The maximum atomic E-state index is 12.6. The Morgan fingerprint density at radius 3 is 3.00 bits per heavy atom. The molecular weight excluding hydrogens is 352 g/mol. The maximum absolute atomic E-state index is 12.6. The standard InChI is InChI=1S/C19H22N2O4S/c22-18(11-14-3-1-5-17-16(14)4-2-8-20-17)21-15-6-9-25-19(12-15)7-10-26(23,24)13-19/h1-5,8,15H,6-7,9-13H2,(H,21,22). The maximum Gasteiger partial charge on any atom is 0.224 e. The molecule has 6 nitrogen and oxygen atoms in total. The monoisotopic (exact) mass is 374 g/mol. The summed E-state index contributed by atoms with van der Waals surface area (Å²) in [4.78, 5) is 16.9. The number of amides is 1. The average molecular weight is 374 g/mol. The molecule has 2 aliphatic heterocycles. The molecule has 26 heavy (non-hydrogen) atoms. The summed E-state index contributed by atoms with van der Waals surface area (Å²) in [6.07, 6.45) is 3.82. The van der Waals surface area contributed by atoms with Gasteiger partial charge in [0, 0.05) is 24.2 Å². The molecule has 0 aliphatic carbocycles. The summed E-state index contributed by atoms with van der Waals surface area (Å²) in [5.41, 5.74) is 1.20. The molecule has 3 heterocycles. The zero-order valence-corrected chi connectivity index (χ0v) is 15.3. The van der Waals surface area contributed by atoms with Crippen LogP contribution in [0.4, 0.5) is 0 Å². The van der Waals surface area contributed by atoms with E-state index in [0.717, 1.165) is 16.5 Å². The van der Waals surface area contributed by atoms with Gasteiger partial charge in [-0.2, -0.15) is 0 Å². The molecule has 1 amide bonds. The third-order valence-electron chi connectivity index (χ3n) is 5.30. The second-order valence-electron chi connectivity index (χ2n) is 7.29. The molecule has 1 aromatic heterocycles. The van der Waals surface area contributed by atoms with Crippen LogP contribution in [0.15, 0.2) is 36.5 Å². The van der Waals surface area contributed by atoms with Gasteiger partial charge in [0.1, 0.15) is 0 Å². The second kappa shape index (κ2) is 6.63. The van der Waals surface area contributed by atoms with E-state index >= 15 is 0 Å². The Bertz CT molecular complexity index is 938. The summed E-state index contributed by atoms with van der Waals surface area (Å²) in [5, 5.41) is 4.06. The number of aromatic nitrogens is 1. The van der Waals surface area contributed by atoms with Crippen molar-refractivity contribution >= 4 is 26.6 Å². The Morgan fingerprint density at radius 2 is 2.19 bits per heavy atom. The molecule has 4 rings (SSSR count). The molecule has 2 saturated heterocycles. The topological polar surface area (TPSA) is 85.4 Å². The van der Waals surface area contributed by atoms with Gasteiger partial charge in [-0.05, 0) is 37.0 Å². The van der Waals surface area contributed by atoms with Gasteiger partial charge in [0.15, 0.2) is 9.84 Å². The van der Waals surface area contributed by atoms with E-state index in [1.54, 1.807) is 6.20 Å². The van der Waals surface area contributed by atoms with Gasteiger partial charge >= 0.3 is 0 Å². The molecule has 1 N–H and O–H groups in total. The highest BCUT2D eigenvalue weighted by Gasteiger charge is 2.46. The lowest BCUT2D eigenvalue weighted by Crippen LogP contribution is -2.49. The number of carbonyl (C=O) groups excluding carboxylic acids is 1. The minimum absolute atomic E-state index is 0.0438. The first kappa shape index (κ1) is 17.4. The van der Waals surface area contributed by atoms with Crippen molar-refractivity contribution in [3.05, 3.63) is 42.1 Å². The number of nitrogens with one attached hydrogen (secondary N) is 1. The van der Waals surface area contributed by atoms with Gasteiger partial charge in [0.05, 0.1) is 29.0 Å².